The topological polar surface area (TPSA) is 64.4 Å². The van der Waals surface area contributed by atoms with E-state index in [4.69, 9.17) is 5.73 Å². The van der Waals surface area contributed by atoms with Gasteiger partial charge in [0.15, 0.2) is 0 Å². The van der Waals surface area contributed by atoms with Gasteiger partial charge in [-0.1, -0.05) is 29.8 Å². The van der Waals surface area contributed by atoms with Crippen LogP contribution in [0.5, 0.6) is 5.75 Å². The molecule has 0 saturated heterocycles. The van der Waals surface area contributed by atoms with Gasteiger partial charge in [0.05, 0.1) is 5.41 Å². The Morgan fingerprint density at radius 3 is 2.55 bits per heavy atom. The molecule has 4 nitrogen and oxygen atoms in total. The average molecular weight is 379 g/mol. The van der Waals surface area contributed by atoms with Crippen molar-refractivity contribution in [1.29, 1.82) is 0 Å². The molecule has 0 atom stereocenters. The monoisotopic (exact) mass is 378 g/mol. The minimum Gasteiger partial charge on any atom is -0.434 e. The molecule has 0 saturated carbocycles. The number of alkyl halides is 2. The summed E-state index contributed by atoms with van der Waals surface area (Å²) in [6, 6.07) is 4.68. The minimum atomic E-state index is -2.91. The molecule has 0 heterocycles. The molecule has 1 amide bonds. The first-order valence-corrected chi connectivity index (χ1v) is 7.89. The highest BCUT2D eigenvalue weighted by Crippen LogP contribution is 2.27. The smallest absolute Gasteiger partial charge is 0.387 e. The number of benzene rings is 1. The van der Waals surface area contributed by atoms with Crippen molar-refractivity contribution in [2.75, 3.05) is 6.54 Å². The van der Waals surface area contributed by atoms with Gasteiger partial charge in [0.1, 0.15) is 5.75 Å². The second-order valence-electron chi connectivity index (χ2n) is 5.00. The van der Waals surface area contributed by atoms with Gasteiger partial charge < -0.3 is 15.8 Å². The molecule has 124 valence electrons. The number of carbonyl (C=O) groups is 1. The number of hydrogen-bond acceptors (Lipinski definition) is 3. The highest BCUT2D eigenvalue weighted by atomic mass is 79.9. The van der Waals surface area contributed by atoms with E-state index in [1.165, 1.54) is 6.07 Å². The fourth-order valence-corrected chi connectivity index (χ4v) is 2.62. The van der Waals surface area contributed by atoms with Crippen LogP contribution >= 0.6 is 15.9 Å². The second kappa shape index (κ2) is 8.43. The van der Waals surface area contributed by atoms with Crippen LogP contribution in [0.1, 0.15) is 32.3 Å². The lowest BCUT2D eigenvalue weighted by atomic mass is 9.81. The molecular weight excluding hydrogens is 358 g/mol. The first-order chi connectivity index (χ1) is 10.4. The zero-order chi connectivity index (χ0) is 16.8. The molecular formula is C15H21BrF2N2O2. The van der Waals surface area contributed by atoms with Crippen molar-refractivity contribution >= 4 is 21.8 Å². The standard InChI is InChI=1S/C15H21BrF2N2O2/c1-3-15(4-2,9-19)13(21)20-8-10-7-11(16)5-6-12(10)22-14(17)18/h5-7,14H,3-4,8-9,19H2,1-2H3,(H,20,21). The van der Waals surface area contributed by atoms with Gasteiger partial charge in [-0.2, -0.15) is 8.78 Å². The van der Waals surface area contributed by atoms with Crippen molar-refractivity contribution in [2.45, 2.75) is 39.8 Å². The molecule has 3 N–H and O–H groups in total. The van der Waals surface area contributed by atoms with Crippen molar-refractivity contribution in [3.8, 4) is 5.75 Å². The van der Waals surface area contributed by atoms with Crippen LogP contribution in [0.25, 0.3) is 0 Å². The van der Waals surface area contributed by atoms with Gasteiger partial charge in [0.25, 0.3) is 0 Å². The van der Waals surface area contributed by atoms with Crippen LogP contribution in [-0.4, -0.2) is 19.1 Å². The third kappa shape index (κ3) is 4.64. The second-order valence-corrected chi connectivity index (χ2v) is 5.92. The fourth-order valence-electron chi connectivity index (χ4n) is 2.21. The van der Waals surface area contributed by atoms with E-state index in [0.29, 0.717) is 18.4 Å². The van der Waals surface area contributed by atoms with Gasteiger partial charge in [0.2, 0.25) is 5.91 Å². The number of halogens is 3. The first-order valence-electron chi connectivity index (χ1n) is 7.10. The predicted molar refractivity (Wildman–Crippen MR) is 84.7 cm³/mol. The normalized spacial score (nSPS) is 11.6. The molecule has 0 aromatic heterocycles. The summed E-state index contributed by atoms with van der Waals surface area (Å²) in [6.07, 6.45) is 1.23. The van der Waals surface area contributed by atoms with Crippen molar-refractivity contribution in [3.05, 3.63) is 28.2 Å². The molecule has 0 radical (unpaired) electrons. The largest absolute Gasteiger partial charge is 0.434 e. The Kier molecular flexibility index (Phi) is 7.22. The number of nitrogens with one attached hydrogen (secondary N) is 1. The van der Waals surface area contributed by atoms with Gasteiger partial charge in [-0.05, 0) is 31.0 Å². The quantitative estimate of drug-likeness (QED) is 0.728. The summed E-state index contributed by atoms with van der Waals surface area (Å²) in [5.41, 5.74) is 5.57. The summed E-state index contributed by atoms with van der Waals surface area (Å²) in [5.74, 6) is -0.132. The van der Waals surface area contributed by atoms with Crippen molar-refractivity contribution in [1.82, 2.24) is 5.32 Å². The molecule has 0 bridgehead atoms. The Morgan fingerprint density at radius 1 is 1.41 bits per heavy atom. The Morgan fingerprint density at radius 2 is 2.05 bits per heavy atom. The van der Waals surface area contributed by atoms with Crippen molar-refractivity contribution in [3.63, 3.8) is 0 Å². The zero-order valence-corrected chi connectivity index (χ0v) is 14.3. The summed E-state index contributed by atoms with van der Waals surface area (Å²) in [4.78, 5) is 12.4. The lowest BCUT2D eigenvalue weighted by molar-refractivity contribution is -0.131. The molecule has 1 aromatic carbocycles. The molecule has 0 unspecified atom stereocenters. The first kappa shape index (κ1) is 18.8. The zero-order valence-electron chi connectivity index (χ0n) is 12.7. The van der Waals surface area contributed by atoms with Gasteiger partial charge >= 0.3 is 6.61 Å². The highest BCUT2D eigenvalue weighted by Gasteiger charge is 2.33. The molecule has 1 rings (SSSR count). The molecule has 0 aliphatic rings. The lowest BCUT2D eigenvalue weighted by Crippen LogP contribution is -2.45. The van der Waals surface area contributed by atoms with E-state index in [0.717, 1.165) is 4.47 Å². The number of rotatable bonds is 8. The number of hydrogen-bond donors (Lipinski definition) is 2. The molecule has 0 spiro atoms. The van der Waals surface area contributed by atoms with E-state index < -0.39 is 12.0 Å². The lowest BCUT2D eigenvalue weighted by Gasteiger charge is -2.28. The van der Waals surface area contributed by atoms with Crippen LogP contribution in [0.4, 0.5) is 8.78 Å². The average Bonchev–Trinajstić information content (AvgIpc) is 2.49. The molecule has 22 heavy (non-hydrogen) atoms. The maximum atomic E-state index is 12.4. The third-order valence-electron chi connectivity index (χ3n) is 3.90. The summed E-state index contributed by atoms with van der Waals surface area (Å²) in [5, 5.41) is 2.77. The minimum absolute atomic E-state index is 0.0462. The Hall–Kier alpha value is -1.21. The SMILES string of the molecule is CCC(CC)(CN)C(=O)NCc1cc(Br)ccc1OC(F)F. The summed E-state index contributed by atoms with van der Waals surface area (Å²) in [6.45, 7) is 1.23. The van der Waals surface area contributed by atoms with Crippen LogP contribution in [0.3, 0.4) is 0 Å². The van der Waals surface area contributed by atoms with E-state index in [1.54, 1.807) is 12.1 Å². The number of carbonyl (C=O) groups excluding carboxylic acids is 1. The van der Waals surface area contributed by atoms with Gasteiger partial charge in [-0.25, -0.2) is 0 Å². The van der Waals surface area contributed by atoms with E-state index in [2.05, 4.69) is 26.0 Å². The molecule has 1 aromatic rings. The van der Waals surface area contributed by atoms with Gasteiger partial charge in [-0.3, -0.25) is 4.79 Å². The van der Waals surface area contributed by atoms with E-state index in [-0.39, 0.29) is 24.7 Å². The number of amides is 1. The maximum Gasteiger partial charge on any atom is 0.387 e. The third-order valence-corrected chi connectivity index (χ3v) is 4.40. The van der Waals surface area contributed by atoms with E-state index >= 15 is 0 Å². The van der Waals surface area contributed by atoms with Gasteiger partial charge in [0, 0.05) is 23.1 Å². The molecule has 0 aliphatic heterocycles. The van der Waals surface area contributed by atoms with Crippen LogP contribution < -0.4 is 15.8 Å². The maximum absolute atomic E-state index is 12.4. The number of nitrogens with two attached hydrogens (primary N) is 1. The predicted octanol–water partition coefficient (Wildman–Crippen LogP) is 3.43. The van der Waals surface area contributed by atoms with Crippen LogP contribution in [0.15, 0.2) is 22.7 Å². The number of ether oxygens (including phenoxy) is 1. The molecule has 7 heteroatoms. The van der Waals surface area contributed by atoms with E-state index in [9.17, 15) is 13.6 Å². The van der Waals surface area contributed by atoms with Gasteiger partial charge in [-0.15, -0.1) is 0 Å². The molecule has 0 aliphatic carbocycles. The fraction of sp³-hybridized carbons (Fsp3) is 0.533. The van der Waals surface area contributed by atoms with Crippen molar-refractivity contribution < 1.29 is 18.3 Å². The summed E-state index contributed by atoms with van der Waals surface area (Å²) >= 11 is 3.27. The Labute approximate surface area is 137 Å². The highest BCUT2D eigenvalue weighted by molar-refractivity contribution is 9.10. The summed E-state index contributed by atoms with van der Waals surface area (Å²) < 4.78 is 30.0. The summed E-state index contributed by atoms with van der Waals surface area (Å²) in [7, 11) is 0. The van der Waals surface area contributed by atoms with Crippen LogP contribution in [0, 0.1) is 5.41 Å². The van der Waals surface area contributed by atoms with Crippen molar-refractivity contribution in [2.24, 2.45) is 11.1 Å². The van der Waals surface area contributed by atoms with E-state index in [1.807, 2.05) is 13.8 Å². The Bertz CT molecular complexity index is 500. The molecule has 0 fully saturated rings. The van der Waals surface area contributed by atoms with Crippen LogP contribution in [0.2, 0.25) is 0 Å². The van der Waals surface area contributed by atoms with Crippen LogP contribution in [-0.2, 0) is 11.3 Å². The Balaban J connectivity index is 2.87.